The lowest BCUT2D eigenvalue weighted by molar-refractivity contribution is -0.137. The fourth-order valence-electron chi connectivity index (χ4n) is 1.42. The van der Waals surface area contributed by atoms with E-state index in [0.717, 1.165) is 5.56 Å². The van der Waals surface area contributed by atoms with E-state index in [-0.39, 0.29) is 0 Å². The number of aliphatic imine (C=N–C) groups is 1. The first-order valence-electron chi connectivity index (χ1n) is 5.63. The molecule has 0 radical (unpaired) electrons. The van der Waals surface area contributed by atoms with Crippen molar-refractivity contribution >= 4 is 39.3 Å². The third-order valence-corrected chi connectivity index (χ3v) is 3.09. The van der Waals surface area contributed by atoms with Crippen LogP contribution in [-0.2, 0) is 9.59 Å². The van der Waals surface area contributed by atoms with E-state index < -0.39 is 24.1 Å². The number of carbonyl (C=O) groups is 2. The van der Waals surface area contributed by atoms with Gasteiger partial charge in [-0.15, -0.1) is 0 Å². The van der Waals surface area contributed by atoms with Crippen LogP contribution in [-0.4, -0.2) is 27.9 Å². The quantitative estimate of drug-likeness (QED) is 0.813. The minimum atomic E-state index is -1.33. The first-order valence-corrected chi connectivity index (χ1v) is 6.42. The molecule has 0 saturated heterocycles. The number of halogens is 1. The second-order valence-electron chi connectivity index (χ2n) is 4.30. The Morgan fingerprint density at radius 3 is 2.37 bits per heavy atom. The number of benzene rings is 1. The smallest absolute Gasteiger partial charge is 0.350 e. The van der Waals surface area contributed by atoms with Crippen molar-refractivity contribution in [2.75, 3.05) is 0 Å². The van der Waals surface area contributed by atoms with Crippen LogP contribution in [0.4, 0.5) is 5.69 Å². The molecule has 0 aliphatic carbocycles. The minimum absolute atomic E-state index is 0.340. The summed E-state index contributed by atoms with van der Waals surface area (Å²) in [5, 5.41) is 17.5. The van der Waals surface area contributed by atoms with Gasteiger partial charge in [-0.05, 0) is 39.5 Å². The molecule has 0 aromatic heterocycles. The molecule has 102 valence electrons. The van der Waals surface area contributed by atoms with Gasteiger partial charge in [0.1, 0.15) is 5.71 Å². The molecule has 5 nitrogen and oxygen atoms in total. The van der Waals surface area contributed by atoms with Gasteiger partial charge in [-0.1, -0.05) is 19.9 Å². The Morgan fingerprint density at radius 1 is 1.32 bits per heavy atom. The van der Waals surface area contributed by atoms with Gasteiger partial charge in [-0.3, -0.25) is 4.79 Å². The van der Waals surface area contributed by atoms with Gasteiger partial charge in [0.25, 0.3) is 0 Å². The normalized spacial score (nSPS) is 11.7. The number of carboxylic acid groups (broad SMARTS) is 2. The third-order valence-electron chi connectivity index (χ3n) is 2.46. The second-order valence-corrected chi connectivity index (χ2v) is 5.15. The lowest BCUT2D eigenvalue weighted by Gasteiger charge is -2.07. The van der Waals surface area contributed by atoms with Crippen molar-refractivity contribution in [1.29, 1.82) is 0 Å². The van der Waals surface area contributed by atoms with Crippen LogP contribution in [0.25, 0.3) is 0 Å². The van der Waals surface area contributed by atoms with Crippen molar-refractivity contribution in [3.63, 3.8) is 0 Å². The average molecular weight is 328 g/mol. The van der Waals surface area contributed by atoms with Gasteiger partial charge < -0.3 is 10.2 Å². The van der Waals surface area contributed by atoms with Crippen molar-refractivity contribution in [3.05, 3.63) is 28.2 Å². The van der Waals surface area contributed by atoms with Crippen LogP contribution in [0, 0.1) is 0 Å². The molecule has 0 heterocycles. The van der Waals surface area contributed by atoms with E-state index in [4.69, 9.17) is 10.2 Å². The molecule has 0 bridgehead atoms. The van der Waals surface area contributed by atoms with E-state index in [2.05, 4.69) is 20.9 Å². The molecule has 0 aliphatic heterocycles. The van der Waals surface area contributed by atoms with E-state index in [9.17, 15) is 9.59 Å². The first-order chi connectivity index (χ1) is 8.81. The summed E-state index contributed by atoms with van der Waals surface area (Å²) >= 11 is 3.31. The highest BCUT2D eigenvalue weighted by molar-refractivity contribution is 9.10. The van der Waals surface area contributed by atoms with Crippen molar-refractivity contribution in [1.82, 2.24) is 0 Å². The monoisotopic (exact) mass is 327 g/mol. The molecule has 0 saturated carbocycles. The van der Waals surface area contributed by atoms with E-state index >= 15 is 0 Å². The average Bonchev–Trinajstić information content (AvgIpc) is 2.29. The van der Waals surface area contributed by atoms with Crippen LogP contribution in [0.3, 0.4) is 0 Å². The van der Waals surface area contributed by atoms with Gasteiger partial charge in [-0.25, -0.2) is 9.79 Å². The highest BCUT2D eigenvalue weighted by Crippen LogP contribution is 2.29. The molecule has 19 heavy (non-hydrogen) atoms. The van der Waals surface area contributed by atoms with Crippen molar-refractivity contribution in [3.8, 4) is 0 Å². The molecular weight excluding hydrogens is 314 g/mol. The standard InChI is InChI=1S/C13H14BrNO4/c1-7(2)8-3-4-10(9(14)5-8)15-11(13(18)19)6-12(16)17/h3-5,7H,6H2,1-2H3,(H,16,17)(H,18,19). The predicted molar refractivity (Wildman–Crippen MR) is 75.2 cm³/mol. The van der Waals surface area contributed by atoms with E-state index in [1.54, 1.807) is 6.07 Å². The van der Waals surface area contributed by atoms with Crippen LogP contribution >= 0.6 is 15.9 Å². The molecule has 0 fully saturated rings. The topological polar surface area (TPSA) is 87.0 Å². The lowest BCUT2D eigenvalue weighted by atomic mass is 10.0. The molecule has 1 aromatic carbocycles. The molecule has 1 aromatic rings. The zero-order valence-electron chi connectivity index (χ0n) is 10.6. The van der Waals surface area contributed by atoms with Gasteiger partial charge in [0.15, 0.2) is 0 Å². The summed E-state index contributed by atoms with van der Waals surface area (Å²) in [6, 6.07) is 5.36. The molecule has 2 N–H and O–H groups in total. The predicted octanol–water partition coefficient (Wildman–Crippen LogP) is 3.20. The Kier molecular flexibility index (Phi) is 5.23. The van der Waals surface area contributed by atoms with Crippen molar-refractivity contribution < 1.29 is 19.8 Å². The minimum Gasteiger partial charge on any atom is -0.481 e. The molecule has 0 atom stereocenters. The van der Waals surface area contributed by atoms with E-state index in [1.807, 2.05) is 26.0 Å². The Labute approximate surface area is 119 Å². The van der Waals surface area contributed by atoms with Gasteiger partial charge >= 0.3 is 11.9 Å². The largest absolute Gasteiger partial charge is 0.481 e. The SMILES string of the molecule is CC(C)c1ccc(N=C(CC(=O)O)C(=O)O)c(Br)c1. The molecule has 0 spiro atoms. The summed E-state index contributed by atoms with van der Waals surface area (Å²) in [6.45, 7) is 4.08. The van der Waals surface area contributed by atoms with E-state index in [0.29, 0.717) is 16.1 Å². The Bertz CT molecular complexity index is 537. The first kappa shape index (κ1) is 15.4. The Hall–Kier alpha value is -1.69. The van der Waals surface area contributed by atoms with Crippen molar-refractivity contribution in [2.24, 2.45) is 4.99 Å². The van der Waals surface area contributed by atoms with Gasteiger partial charge in [0.05, 0.1) is 12.1 Å². The number of hydrogen-bond donors (Lipinski definition) is 2. The summed E-state index contributed by atoms with van der Waals surface area (Å²) < 4.78 is 0.642. The molecule has 0 unspecified atom stereocenters. The maximum absolute atomic E-state index is 10.9. The van der Waals surface area contributed by atoms with Gasteiger partial charge in [0.2, 0.25) is 0 Å². The summed E-state index contributed by atoms with van der Waals surface area (Å²) in [7, 11) is 0. The number of aliphatic carboxylic acids is 2. The number of hydrogen-bond acceptors (Lipinski definition) is 3. The summed E-state index contributed by atoms with van der Waals surface area (Å²) in [5.41, 5.74) is 1.09. The highest BCUT2D eigenvalue weighted by Gasteiger charge is 2.15. The van der Waals surface area contributed by atoms with Crippen LogP contribution in [0.1, 0.15) is 31.7 Å². The lowest BCUT2D eigenvalue weighted by Crippen LogP contribution is -2.17. The summed E-state index contributed by atoms with van der Waals surface area (Å²) in [5.74, 6) is -2.22. The fraction of sp³-hybridized carbons (Fsp3) is 0.308. The molecule has 1 rings (SSSR count). The zero-order valence-corrected chi connectivity index (χ0v) is 12.1. The van der Waals surface area contributed by atoms with Gasteiger partial charge in [0, 0.05) is 4.47 Å². The Morgan fingerprint density at radius 2 is 1.95 bits per heavy atom. The van der Waals surface area contributed by atoms with Crippen LogP contribution in [0.2, 0.25) is 0 Å². The molecule has 0 amide bonds. The van der Waals surface area contributed by atoms with Crippen LogP contribution in [0.5, 0.6) is 0 Å². The van der Waals surface area contributed by atoms with Crippen LogP contribution < -0.4 is 0 Å². The maximum atomic E-state index is 10.9. The highest BCUT2D eigenvalue weighted by atomic mass is 79.9. The molecule has 6 heteroatoms. The third kappa shape index (κ3) is 4.48. The zero-order chi connectivity index (χ0) is 14.6. The number of rotatable bonds is 5. The van der Waals surface area contributed by atoms with Crippen molar-refractivity contribution in [2.45, 2.75) is 26.2 Å². The van der Waals surface area contributed by atoms with Gasteiger partial charge in [-0.2, -0.15) is 0 Å². The number of nitrogens with zero attached hydrogens (tertiary/aromatic N) is 1. The molecule has 0 aliphatic rings. The Balaban J connectivity index is 3.14. The fourth-order valence-corrected chi connectivity index (χ4v) is 1.91. The summed E-state index contributed by atoms with van der Waals surface area (Å²) in [4.78, 5) is 25.4. The summed E-state index contributed by atoms with van der Waals surface area (Å²) in [6.07, 6.45) is -0.617. The second kappa shape index (κ2) is 6.47. The molecular formula is C13H14BrNO4. The number of carboxylic acids is 2. The maximum Gasteiger partial charge on any atom is 0.350 e. The van der Waals surface area contributed by atoms with E-state index in [1.165, 1.54) is 0 Å². The van der Waals surface area contributed by atoms with Crippen LogP contribution in [0.15, 0.2) is 27.7 Å².